The van der Waals surface area contributed by atoms with E-state index in [2.05, 4.69) is 15.2 Å². The first-order chi connectivity index (χ1) is 12.2. The minimum absolute atomic E-state index is 0.117. The molecule has 1 aliphatic carbocycles. The molecule has 0 radical (unpaired) electrons. The minimum Gasteiger partial charge on any atom is -0.377 e. The van der Waals surface area contributed by atoms with E-state index in [0.29, 0.717) is 42.9 Å². The molecule has 1 aliphatic heterocycles. The van der Waals surface area contributed by atoms with Gasteiger partial charge in [0, 0.05) is 31.7 Å². The first kappa shape index (κ1) is 16.2. The van der Waals surface area contributed by atoms with Crippen molar-refractivity contribution in [1.82, 2.24) is 20.1 Å². The lowest BCUT2D eigenvalue weighted by atomic mass is 9.91. The molecule has 2 aromatic rings. The number of nitrogens with zero attached hydrogens (tertiary/aromatic N) is 3. The Hall–Kier alpha value is -2.28. The van der Waals surface area contributed by atoms with Gasteiger partial charge in [0.15, 0.2) is 11.6 Å². The van der Waals surface area contributed by atoms with Gasteiger partial charge in [-0.2, -0.15) is 5.10 Å². The predicted octanol–water partition coefficient (Wildman–Crippen LogP) is 2.36. The molecule has 6 nitrogen and oxygen atoms in total. The number of likely N-dealkylation sites (tertiary alicyclic amines) is 1. The van der Waals surface area contributed by atoms with Gasteiger partial charge in [0.1, 0.15) is 12.4 Å². The summed E-state index contributed by atoms with van der Waals surface area (Å²) in [7, 11) is 1.62. The number of aromatic amines is 1. The molecule has 2 fully saturated rings. The fourth-order valence-electron chi connectivity index (χ4n) is 3.75. The summed E-state index contributed by atoms with van der Waals surface area (Å²) in [6, 6.07) is 5.88. The molecule has 0 bridgehead atoms. The molecule has 132 valence electrons. The largest absolute Gasteiger partial charge is 0.377 e. The van der Waals surface area contributed by atoms with E-state index in [9.17, 15) is 9.18 Å². The van der Waals surface area contributed by atoms with Crippen LogP contribution >= 0.6 is 0 Å². The molecule has 2 atom stereocenters. The first-order valence-electron chi connectivity index (χ1n) is 8.60. The van der Waals surface area contributed by atoms with E-state index in [1.807, 2.05) is 4.90 Å². The van der Waals surface area contributed by atoms with E-state index in [4.69, 9.17) is 4.74 Å². The molecule has 1 aromatic heterocycles. The number of nitrogens with one attached hydrogen (secondary N) is 1. The van der Waals surface area contributed by atoms with Crippen molar-refractivity contribution in [2.75, 3.05) is 20.2 Å². The fraction of sp³-hybridized carbons (Fsp3) is 0.500. The van der Waals surface area contributed by atoms with E-state index in [0.717, 1.165) is 5.82 Å². The number of benzene rings is 1. The molecule has 25 heavy (non-hydrogen) atoms. The van der Waals surface area contributed by atoms with Crippen molar-refractivity contribution < 1.29 is 13.9 Å². The van der Waals surface area contributed by atoms with Gasteiger partial charge in [0.2, 0.25) is 0 Å². The van der Waals surface area contributed by atoms with Crippen LogP contribution in [0.3, 0.4) is 0 Å². The Morgan fingerprint density at radius 3 is 2.96 bits per heavy atom. The Labute approximate surface area is 145 Å². The van der Waals surface area contributed by atoms with Gasteiger partial charge < -0.3 is 9.64 Å². The van der Waals surface area contributed by atoms with Crippen LogP contribution in [0.25, 0.3) is 0 Å². The van der Waals surface area contributed by atoms with Gasteiger partial charge in [-0.1, -0.05) is 6.07 Å². The van der Waals surface area contributed by atoms with E-state index >= 15 is 0 Å². The number of carbonyl (C=O) groups is 1. The van der Waals surface area contributed by atoms with Crippen LogP contribution in [0.2, 0.25) is 0 Å². The Bertz CT molecular complexity index is 774. The van der Waals surface area contributed by atoms with Crippen LogP contribution in [0.1, 0.15) is 40.8 Å². The summed E-state index contributed by atoms with van der Waals surface area (Å²) in [4.78, 5) is 19.1. The molecule has 4 rings (SSSR count). The van der Waals surface area contributed by atoms with Crippen molar-refractivity contribution in [2.24, 2.45) is 11.8 Å². The van der Waals surface area contributed by atoms with Crippen molar-refractivity contribution in [1.29, 1.82) is 0 Å². The van der Waals surface area contributed by atoms with E-state index in [1.165, 1.54) is 25.0 Å². The Morgan fingerprint density at radius 2 is 2.24 bits per heavy atom. The summed E-state index contributed by atoms with van der Waals surface area (Å²) >= 11 is 0. The summed E-state index contributed by atoms with van der Waals surface area (Å²) in [5, 5.41) is 7.25. The molecule has 1 saturated carbocycles. The SMILES string of the molecule is COCc1nc([C@H]2CN(C(=O)c3cccc(F)c3)C[C@@H]2C2CC2)n[nH]1. The maximum absolute atomic E-state index is 13.4. The molecule has 1 N–H and O–H groups in total. The number of rotatable bonds is 5. The zero-order valence-corrected chi connectivity index (χ0v) is 14.1. The number of hydrogen-bond donors (Lipinski definition) is 1. The van der Waals surface area contributed by atoms with Gasteiger partial charge in [-0.25, -0.2) is 9.37 Å². The average Bonchev–Trinajstić information content (AvgIpc) is 3.18. The number of amides is 1. The highest BCUT2D eigenvalue weighted by Gasteiger charge is 2.46. The molecule has 2 heterocycles. The van der Waals surface area contributed by atoms with Crippen LogP contribution in [0, 0.1) is 17.7 Å². The second kappa shape index (κ2) is 6.55. The third-order valence-electron chi connectivity index (χ3n) is 5.11. The number of hydrogen-bond acceptors (Lipinski definition) is 4. The number of ether oxygens (including phenoxy) is 1. The van der Waals surface area contributed by atoms with Gasteiger partial charge in [0.25, 0.3) is 5.91 Å². The van der Waals surface area contributed by atoms with Crippen molar-refractivity contribution in [2.45, 2.75) is 25.4 Å². The highest BCUT2D eigenvalue weighted by Crippen LogP contribution is 2.47. The van der Waals surface area contributed by atoms with E-state index < -0.39 is 5.82 Å². The Balaban J connectivity index is 1.55. The van der Waals surface area contributed by atoms with Crippen molar-refractivity contribution in [3.8, 4) is 0 Å². The summed E-state index contributed by atoms with van der Waals surface area (Å²) < 4.78 is 18.5. The molecular weight excluding hydrogens is 323 g/mol. The van der Waals surface area contributed by atoms with Crippen LogP contribution in [0.4, 0.5) is 4.39 Å². The summed E-state index contributed by atoms with van der Waals surface area (Å²) in [6.45, 7) is 1.64. The fourth-order valence-corrected chi connectivity index (χ4v) is 3.75. The standard InChI is InChI=1S/C18H21FN4O2/c1-25-10-16-20-17(22-21-16)15-9-23(8-14(15)11-5-6-11)18(24)12-3-2-4-13(19)7-12/h2-4,7,11,14-15H,5-6,8-10H2,1H3,(H,20,21,22)/t14-,15+/m1/s1. The first-order valence-corrected chi connectivity index (χ1v) is 8.60. The molecule has 7 heteroatoms. The number of halogens is 1. The number of aromatic nitrogens is 3. The van der Waals surface area contributed by atoms with Crippen molar-refractivity contribution in [3.63, 3.8) is 0 Å². The average molecular weight is 344 g/mol. The second-order valence-corrected chi connectivity index (χ2v) is 6.90. The van der Waals surface area contributed by atoms with Gasteiger partial charge in [0.05, 0.1) is 0 Å². The normalized spacial score (nSPS) is 23.2. The summed E-state index contributed by atoms with van der Waals surface area (Å²) in [5.41, 5.74) is 0.394. The Kier molecular flexibility index (Phi) is 4.25. The summed E-state index contributed by atoms with van der Waals surface area (Å²) in [6.07, 6.45) is 2.39. The van der Waals surface area contributed by atoms with Gasteiger partial charge in [-0.05, 0) is 42.9 Å². The lowest BCUT2D eigenvalue weighted by molar-refractivity contribution is 0.0784. The highest BCUT2D eigenvalue weighted by atomic mass is 19.1. The maximum atomic E-state index is 13.4. The van der Waals surface area contributed by atoms with Crippen LogP contribution in [-0.4, -0.2) is 46.2 Å². The van der Waals surface area contributed by atoms with Gasteiger partial charge in [-0.3, -0.25) is 9.89 Å². The van der Waals surface area contributed by atoms with Crippen LogP contribution in [-0.2, 0) is 11.3 Å². The van der Waals surface area contributed by atoms with Crippen LogP contribution < -0.4 is 0 Å². The predicted molar refractivity (Wildman–Crippen MR) is 88.4 cm³/mol. The lowest BCUT2D eigenvalue weighted by Crippen LogP contribution is -2.29. The van der Waals surface area contributed by atoms with Crippen LogP contribution in [0.5, 0.6) is 0 Å². The molecule has 1 amide bonds. The topological polar surface area (TPSA) is 71.1 Å². The van der Waals surface area contributed by atoms with Gasteiger partial charge >= 0.3 is 0 Å². The summed E-state index contributed by atoms with van der Waals surface area (Å²) in [5.74, 6) is 2.04. The lowest BCUT2D eigenvalue weighted by Gasteiger charge is -2.16. The molecular formula is C18H21FN4O2. The highest BCUT2D eigenvalue weighted by molar-refractivity contribution is 5.94. The van der Waals surface area contributed by atoms with Crippen LogP contribution in [0.15, 0.2) is 24.3 Å². The smallest absolute Gasteiger partial charge is 0.253 e. The molecule has 1 aromatic carbocycles. The Morgan fingerprint density at radius 1 is 1.40 bits per heavy atom. The monoisotopic (exact) mass is 344 g/mol. The molecule has 2 aliphatic rings. The second-order valence-electron chi connectivity index (χ2n) is 6.90. The molecule has 0 unspecified atom stereocenters. The number of carbonyl (C=O) groups excluding carboxylic acids is 1. The molecule has 1 saturated heterocycles. The zero-order valence-electron chi connectivity index (χ0n) is 14.1. The minimum atomic E-state index is -0.390. The van der Waals surface area contributed by atoms with Gasteiger partial charge in [-0.15, -0.1) is 0 Å². The van der Waals surface area contributed by atoms with Crippen molar-refractivity contribution in [3.05, 3.63) is 47.3 Å². The maximum Gasteiger partial charge on any atom is 0.253 e. The number of H-pyrrole nitrogens is 1. The third-order valence-corrected chi connectivity index (χ3v) is 5.11. The van der Waals surface area contributed by atoms with E-state index in [1.54, 1.807) is 19.2 Å². The third kappa shape index (κ3) is 3.28. The van der Waals surface area contributed by atoms with Crippen molar-refractivity contribution >= 4 is 5.91 Å². The zero-order chi connectivity index (χ0) is 17.4. The van der Waals surface area contributed by atoms with E-state index in [-0.39, 0.29) is 11.8 Å². The number of methoxy groups -OCH3 is 1. The molecule has 0 spiro atoms. The quantitative estimate of drug-likeness (QED) is 0.904.